The molecule has 0 radical (unpaired) electrons. The molecule has 5 heteroatoms. The van der Waals surface area contributed by atoms with Crippen LogP contribution >= 0.6 is 15.9 Å². The molecule has 21 heavy (non-hydrogen) atoms. The van der Waals surface area contributed by atoms with Crippen molar-refractivity contribution in [2.45, 2.75) is 65.5 Å². The number of hydrogen-bond donors (Lipinski definition) is 1. The third-order valence-electron chi connectivity index (χ3n) is 4.98. The van der Waals surface area contributed by atoms with Crippen LogP contribution in [0.5, 0.6) is 0 Å². The number of aromatic nitrogens is 2. The summed E-state index contributed by atoms with van der Waals surface area (Å²) >= 11 is 3.66. The van der Waals surface area contributed by atoms with E-state index in [1.165, 1.54) is 5.69 Å². The second kappa shape index (κ2) is 7.75. The molecule has 0 amide bonds. The Morgan fingerprint density at radius 2 is 1.76 bits per heavy atom. The van der Waals surface area contributed by atoms with Gasteiger partial charge in [0.15, 0.2) is 0 Å². The van der Waals surface area contributed by atoms with Crippen molar-refractivity contribution in [2.24, 2.45) is 12.8 Å². The van der Waals surface area contributed by atoms with Crippen molar-refractivity contribution >= 4 is 15.9 Å². The standard InChI is InChI=1S/C16H31BrN4/c1-7-16(8-2,21(9-3)10-4)14(18)11-13-15(17)12(5)19-20(13)6/h14H,7-11,18H2,1-6H3. The molecule has 4 nitrogen and oxygen atoms in total. The van der Waals surface area contributed by atoms with Crippen LogP contribution in [0.1, 0.15) is 51.9 Å². The van der Waals surface area contributed by atoms with Gasteiger partial charge in [0.2, 0.25) is 0 Å². The zero-order chi connectivity index (χ0) is 16.2. The molecule has 0 saturated heterocycles. The first-order valence-corrected chi connectivity index (χ1v) is 8.85. The fourth-order valence-corrected chi connectivity index (χ4v) is 4.11. The number of rotatable bonds is 8. The number of likely N-dealkylation sites (N-methyl/N-ethyl adjacent to an activating group) is 1. The summed E-state index contributed by atoms with van der Waals surface area (Å²) in [6.45, 7) is 13.1. The molecular weight excluding hydrogens is 328 g/mol. The third kappa shape index (κ3) is 3.51. The van der Waals surface area contributed by atoms with Gasteiger partial charge in [-0.05, 0) is 48.8 Å². The smallest absolute Gasteiger partial charge is 0.0738 e. The van der Waals surface area contributed by atoms with Gasteiger partial charge < -0.3 is 5.73 Å². The summed E-state index contributed by atoms with van der Waals surface area (Å²) < 4.78 is 3.05. The Morgan fingerprint density at radius 1 is 1.24 bits per heavy atom. The van der Waals surface area contributed by atoms with Gasteiger partial charge in [-0.25, -0.2) is 0 Å². The second-order valence-electron chi connectivity index (χ2n) is 5.76. The number of aryl methyl sites for hydroxylation is 2. The molecule has 2 N–H and O–H groups in total. The van der Waals surface area contributed by atoms with E-state index < -0.39 is 0 Å². The molecule has 0 fully saturated rings. The summed E-state index contributed by atoms with van der Waals surface area (Å²) in [5, 5.41) is 4.48. The van der Waals surface area contributed by atoms with Crippen LogP contribution in [0.2, 0.25) is 0 Å². The number of nitrogens with zero attached hydrogens (tertiary/aromatic N) is 3. The summed E-state index contributed by atoms with van der Waals surface area (Å²) in [6.07, 6.45) is 2.98. The van der Waals surface area contributed by atoms with Crippen molar-refractivity contribution in [3.8, 4) is 0 Å². The zero-order valence-electron chi connectivity index (χ0n) is 14.4. The Balaban J connectivity index is 3.09. The molecule has 0 bridgehead atoms. The molecule has 0 saturated carbocycles. The molecule has 1 aromatic heterocycles. The van der Waals surface area contributed by atoms with E-state index in [1.54, 1.807) is 0 Å². The van der Waals surface area contributed by atoms with Crippen molar-refractivity contribution in [1.29, 1.82) is 0 Å². The molecule has 0 aliphatic carbocycles. The predicted octanol–water partition coefficient (Wildman–Crippen LogP) is 3.26. The van der Waals surface area contributed by atoms with Crippen LogP contribution in [0.3, 0.4) is 0 Å². The Labute approximate surface area is 138 Å². The van der Waals surface area contributed by atoms with Crippen LogP contribution in [0.25, 0.3) is 0 Å². The van der Waals surface area contributed by atoms with Gasteiger partial charge in [-0.3, -0.25) is 9.58 Å². The highest BCUT2D eigenvalue weighted by atomic mass is 79.9. The number of halogens is 1. The normalized spacial score (nSPS) is 14.0. The summed E-state index contributed by atoms with van der Waals surface area (Å²) in [6, 6.07) is 0.0958. The molecule has 1 heterocycles. The first-order valence-electron chi connectivity index (χ1n) is 8.06. The molecule has 0 aliphatic heterocycles. The second-order valence-corrected chi connectivity index (χ2v) is 6.56. The maximum atomic E-state index is 6.70. The van der Waals surface area contributed by atoms with Gasteiger partial charge >= 0.3 is 0 Å². The quantitative estimate of drug-likeness (QED) is 0.775. The highest BCUT2D eigenvalue weighted by molar-refractivity contribution is 9.10. The molecule has 0 aromatic carbocycles. The Hall–Kier alpha value is -0.390. The lowest BCUT2D eigenvalue weighted by Gasteiger charge is -2.46. The van der Waals surface area contributed by atoms with Crippen molar-refractivity contribution in [3.05, 3.63) is 15.9 Å². The monoisotopic (exact) mass is 358 g/mol. The lowest BCUT2D eigenvalue weighted by Crippen LogP contribution is -2.60. The van der Waals surface area contributed by atoms with Crippen molar-refractivity contribution < 1.29 is 0 Å². The van der Waals surface area contributed by atoms with Gasteiger partial charge in [0.05, 0.1) is 15.9 Å². The lowest BCUT2D eigenvalue weighted by molar-refractivity contribution is 0.0622. The SMILES string of the molecule is CCN(CC)C(CC)(CC)C(N)Cc1c(Br)c(C)nn1C. The molecule has 122 valence electrons. The summed E-state index contributed by atoms with van der Waals surface area (Å²) in [4.78, 5) is 2.52. The van der Waals surface area contributed by atoms with Crippen LogP contribution in [0.15, 0.2) is 4.47 Å². The van der Waals surface area contributed by atoms with E-state index in [-0.39, 0.29) is 11.6 Å². The maximum Gasteiger partial charge on any atom is 0.0738 e. The minimum Gasteiger partial charge on any atom is -0.326 e. The van der Waals surface area contributed by atoms with E-state index in [9.17, 15) is 0 Å². The maximum absolute atomic E-state index is 6.70. The van der Waals surface area contributed by atoms with E-state index in [2.05, 4.69) is 53.6 Å². The van der Waals surface area contributed by atoms with Gasteiger partial charge in [-0.2, -0.15) is 5.10 Å². The van der Waals surface area contributed by atoms with Crippen LogP contribution < -0.4 is 5.73 Å². The first-order chi connectivity index (χ1) is 9.87. The minimum atomic E-state index is 0.0567. The van der Waals surface area contributed by atoms with Gasteiger partial charge in [0.25, 0.3) is 0 Å². The predicted molar refractivity (Wildman–Crippen MR) is 93.6 cm³/mol. The van der Waals surface area contributed by atoms with E-state index in [1.807, 2.05) is 18.7 Å². The zero-order valence-corrected chi connectivity index (χ0v) is 16.0. The minimum absolute atomic E-state index is 0.0567. The van der Waals surface area contributed by atoms with Crippen molar-refractivity contribution in [2.75, 3.05) is 13.1 Å². The first kappa shape index (κ1) is 18.7. The van der Waals surface area contributed by atoms with Gasteiger partial charge in [-0.1, -0.05) is 27.7 Å². The van der Waals surface area contributed by atoms with Crippen LogP contribution in [0, 0.1) is 6.92 Å². The molecule has 1 rings (SSSR count). The van der Waals surface area contributed by atoms with Gasteiger partial charge in [0.1, 0.15) is 0 Å². The summed E-state index contributed by atoms with van der Waals surface area (Å²) in [7, 11) is 2.00. The molecule has 0 spiro atoms. The number of hydrogen-bond acceptors (Lipinski definition) is 3. The van der Waals surface area contributed by atoms with Crippen molar-refractivity contribution in [3.63, 3.8) is 0 Å². The van der Waals surface area contributed by atoms with Gasteiger partial charge in [-0.15, -0.1) is 0 Å². The Kier molecular flexibility index (Phi) is 6.88. The molecule has 1 aromatic rings. The topological polar surface area (TPSA) is 47.1 Å². The van der Waals surface area contributed by atoms with E-state index in [4.69, 9.17) is 5.73 Å². The highest BCUT2D eigenvalue weighted by Crippen LogP contribution is 2.30. The fourth-order valence-electron chi connectivity index (χ4n) is 3.61. The summed E-state index contributed by atoms with van der Waals surface area (Å²) in [5.74, 6) is 0. The lowest BCUT2D eigenvalue weighted by atomic mass is 9.80. The number of nitrogens with two attached hydrogens (primary N) is 1. The average molecular weight is 359 g/mol. The van der Waals surface area contributed by atoms with Crippen LogP contribution in [0.4, 0.5) is 0 Å². The van der Waals surface area contributed by atoms with E-state index in [0.717, 1.165) is 42.5 Å². The third-order valence-corrected chi connectivity index (χ3v) is 6.01. The molecule has 1 atom stereocenters. The van der Waals surface area contributed by atoms with Crippen LogP contribution in [-0.2, 0) is 13.5 Å². The molecule has 0 aliphatic rings. The van der Waals surface area contributed by atoms with Crippen molar-refractivity contribution in [1.82, 2.24) is 14.7 Å². The van der Waals surface area contributed by atoms with E-state index >= 15 is 0 Å². The Morgan fingerprint density at radius 3 is 2.10 bits per heavy atom. The van der Waals surface area contributed by atoms with Gasteiger partial charge in [0, 0.05) is 25.0 Å². The highest BCUT2D eigenvalue weighted by Gasteiger charge is 2.38. The summed E-state index contributed by atoms with van der Waals surface area (Å²) in [5.41, 5.74) is 8.98. The van der Waals surface area contributed by atoms with E-state index in [0.29, 0.717) is 0 Å². The Bertz CT molecular complexity index is 447. The molecular formula is C16H31BrN4. The average Bonchev–Trinajstić information content (AvgIpc) is 2.71. The molecule has 1 unspecified atom stereocenters. The fraction of sp³-hybridized carbons (Fsp3) is 0.812. The largest absolute Gasteiger partial charge is 0.326 e. The van der Waals surface area contributed by atoms with Crippen LogP contribution in [-0.4, -0.2) is 39.4 Å².